The quantitative estimate of drug-likeness (QED) is 0.715. The van der Waals surface area contributed by atoms with Crippen molar-refractivity contribution in [3.63, 3.8) is 0 Å². The molecule has 2 aromatic heterocycles. The summed E-state index contributed by atoms with van der Waals surface area (Å²) < 4.78 is 1.70. The molecule has 92 valence electrons. The van der Waals surface area contributed by atoms with Gasteiger partial charge in [-0.25, -0.2) is 4.98 Å². The predicted octanol–water partition coefficient (Wildman–Crippen LogP) is 3.21. The molecule has 0 unspecified atom stereocenters. The van der Waals surface area contributed by atoms with Crippen molar-refractivity contribution < 1.29 is 0 Å². The zero-order valence-electron chi connectivity index (χ0n) is 10.1. The highest BCUT2D eigenvalue weighted by atomic mass is 32.1. The monoisotopic (exact) mass is 266 g/mol. The molecular formula is C14H10N4S. The SMILES string of the molecule is N#Cc1c(-c2ccccc2)nc2sc(C3CC3)nn12. The zero-order chi connectivity index (χ0) is 12.8. The van der Waals surface area contributed by atoms with Gasteiger partial charge in [0.15, 0.2) is 5.69 Å². The van der Waals surface area contributed by atoms with Gasteiger partial charge in [-0.3, -0.25) is 0 Å². The molecule has 0 spiro atoms. The van der Waals surface area contributed by atoms with Crippen LogP contribution in [0.3, 0.4) is 0 Å². The number of imidazole rings is 1. The van der Waals surface area contributed by atoms with E-state index in [1.807, 2.05) is 30.3 Å². The highest BCUT2D eigenvalue weighted by Gasteiger charge is 2.29. The van der Waals surface area contributed by atoms with Crippen molar-refractivity contribution in [1.82, 2.24) is 14.6 Å². The number of nitriles is 1. The van der Waals surface area contributed by atoms with Crippen molar-refractivity contribution in [1.29, 1.82) is 5.26 Å². The molecular weight excluding hydrogens is 256 g/mol. The van der Waals surface area contributed by atoms with Gasteiger partial charge in [-0.2, -0.15) is 14.9 Å². The fraction of sp³-hybridized carbons (Fsp3) is 0.214. The average Bonchev–Trinajstić information content (AvgIpc) is 3.12. The molecule has 1 saturated carbocycles. The second-order valence-electron chi connectivity index (χ2n) is 4.70. The van der Waals surface area contributed by atoms with Gasteiger partial charge in [0.2, 0.25) is 4.96 Å². The second kappa shape index (κ2) is 3.90. The maximum atomic E-state index is 9.38. The standard InChI is InChI=1S/C14H10N4S/c15-8-11-12(9-4-2-1-3-5-9)16-14-18(11)17-13(19-14)10-6-7-10/h1-5,10H,6-7H2. The first-order chi connectivity index (χ1) is 9.36. The van der Waals surface area contributed by atoms with E-state index in [9.17, 15) is 5.26 Å². The molecule has 0 N–H and O–H groups in total. The maximum absolute atomic E-state index is 9.38. The molecule has 0 bridgehead atoms. The van der Waals surface area contributed by atoms with E-state index in [2.05, 4.69) is 16.2 Å². The molecule has 0 saturated heterocycles. The smallest absolute Gasteiger partial charge is 0.214 e. The minimum atomic E-state index is 0.532. The number of benzene rings is 1. The van der Waals surface area contributed by atoms with Gasteiger partial charge in [0.25, 0.3) is 0 Å². The number of hydrogen-bond donors (Lipinski definition) is 0. The van der Waals surface area contributed by atoms with Crippen molar-refractivity contribution in [2.75, 3.05) is 0 Å². The highest BCUT2D eigenvalue weighted by Crippen LogP contribution is 2.42. The molecule has 0 amide bonds. The summed E-state index contributed by atoms with van der Waals surface area (Å²) in [6.45, 7) is 0. The Hall–Kier alpha value is -2.19. The summed E-state index contributed by atoms with van der Waals surface area (Å²) in [6.07, 6.45) is 2.42. The van der Waals surface area contributed by atoms with Crippen LogP contribution in [0.1, 0.15) is 29.5 Å². The Morgan fingerprint density at radius 3 is 2.74 bits per heavy atom. The number of rotatable bonds is 2. The lowest BCUT2D eigenvalue weighted by Gasteiger charge is -1.96. The first kappa shape index (κ1) is 10.7. The summed E-state index contributed by atoms with van der Waals surface area (Å²) in [5.74, 6) is 0.596. The van der Waals surface area contributed by atoms with E-state index in [4.69, 9.17) is 0 Å². The van der Waals surface area contributed by atoms with E-state index in [-0.39, 0.29) is 0 Å². The summed E-state index contributed by atoms with van der Waals surface area (Å²) in [5.41, 5.74) is 2.22. The largest absolute Gasteiger partial charge is 0.216 e. The Labute approximate surface area is 114 Å². The Kier molecular flexibility index (Phi) is 2.20. The number of fused-ring (bicyclic) bond motifs is 1. The molecule has 19 heavy (non-hydrogen) atoms. The summed E-state index contributed by atoms with van der Waals surface area (Å²) in [7, 11) is 0. The molecule has 0 radical (unpaired) electrons. The van der Waals surface area contributed by atoms with Gasteiger partial charge in [0, 0.05) is 11.5 Å². The van der Waals surface area contributed by atoms with Gasteiger partial charge < -0.3 is 0 Å². The molecule has 3 aromatic rings. The van der Waals surface area contributed by atoms with Crippen LogP contribution in [-0.4, -0.2) is 14.6 Å². The highest BCUT2D eigenvalue weighted by molar-refractivity contribution is 7.16. The van der Waals surface area contributed by atoms with Crippen LogP contribution in [-0.2, 0) is 0 Å². The number of hydrogen-bond acceptors (Lipinski definition) is 4. The lowest BCUT2D eigenvalue weighted by Crippen LogP contribution is -1.91. The van der Waals surface area contributed by atoms with Crippen molar-refractivity contribution in [2.24, 2.45) is 0 Å². The zero-order valence-corrected chi connectivity index (χ0v) is 10.9. The molecule has 0 atom stereocenters. The molecule has 0 aliphatic heterocycles. The lowest BCUT2D eigenvalue weighted by atomic mass is 10.1. The van der Waals surface area contributed by atoms with Crippen LogP contribution in [0.25, 0.3) is 16.2 Å². The summed E-state index contributed by atoms with van der Waals surface area (Å²) in [6, 6.07) is 12.0. The van der Waals surface area contributed by atoms with Crippen molar-refractivity contribution in [2.45, 2.75) is 18.8 Å². The van der Waals surface area contributed by atoms with Gasteiger partial charge in [-0.15, -0.1) is 0 Å². The van der Waals surface area contributed by atoms with E-state index >= 15 is 0 Å². The third-order valence-corrected chi connectivity index (χ3v) is 4.37. The molecule has 1 aliphatic rings. The Morgan fingerprint density at radius 1 is 1.26 bits per heavy atom. The van der Waals surface area contributed by atoms with Crippen LogP contribution >= 0.6 is 11.3 Å². The van der Waals surface area contributed by atoms with Crippen molar-refractivity contribution in [3.05, 3.63) is 41.0 Å². The van der Waals surface area contributed by atoms with Crippen LogP contribution in [0.4, 0.5) is 0 Å². The molecule has 1 aliphatic carbocycles. The van der Waals surface area contributed by atoms with Crippen LogP contribution in [0.15, 0.2) is 30.3 Å². The number of nitrogens with zero attached hydrogens (tertiary/aromatic N) is 4. The van der Waals surface area contributed by atoms with E-state index in [0.29, 0.717) is 11.6 Å². The minimum absolute atomic E-state index is 0.532. The van der Waals surface area contributed by atoms with Gasteiger partial charge in [0.05, 0.1) is 0 Å². The first-order valence-electron chi connectivity index (χ1n) is 6.22. The molecule has 4 rings (SSSR count). The van der Waals surface area contributed by atoms with Crippen LogP contribution in [0.5, 0.6) is 0 Å². The third kappa shape index (κ3) is 1.65. The normalized spacial score (nSPS) is 14.7. The Morgan fingerprint density at radius 2 is 2.05 bits per heavy atom. The van der Waals surface area contributed by atoms with Crippen LogP contribution in [0.2, 0.25) is 0 Å². The summed E-state index contributed by atoms with van der Waals surface area (Å²) in [5, 5.41) is 15.0. The number of aromatic nitrogens is 3. The molecule has 1 fully saturated rings. The van der Waals surface area contributed by atoms with E-state index in [1.165, 1.54) is 12.8 Å². The van der Waals surface area contributed by atoms with Crippen LogP contribution in [0, 0.1) is 11.3 Å². The van der Waals surface area contributed by atoms with Crippen LogP contribution < -0.4 is 0 Å². The molecule has 1 aromatic carbocycles. The van der Waals surface area contributed by atoms with Gasteiger partial charge >= 0.3 is 0 Å². The van der Waals surface area contributed by atoms with E-state index in [1.54, 1.807) is 15.9 Å². The Balaban J connectivity index is 1.92. The maximum Gasteiger partial charge on any atom is 0.214 e. The first-order valence-corrected chi connectivity index (χ1v) is 7.03. The summed E-state index contributed by atoms with van der Waals surface area (Å²) >= 11 is 1.60. The topological polar surface area (TPSA) is 54.0 Å². The fourth-order valence-electron chi connectivity index (χ4n) is 2.16. The lowest BCUT2D eigenvalue weighted by molar-refractivity contribution is 0.893. The van der Waals surface area contributed by atoms with Gasteiger partial charge in [-0.05, 0) is 12.8 Å². The van der Waals surface area contributed by atoms with Gasteiger partial charge in [0.1, 0.15) is 16.8 Å². The Bertz CT molecular complexity index is 790. The van der Waals surface area contributed by atoms with Crippen molar-refractivity contribution >= 4 is 16.3 Å². The minimum Gasteiger partial charge on any atom is -0.216 e. The average molecular weight is 266 g/mol. The molecule has 5 heteroatoms. The second-order valence-corrected chi connectivity index (χ2v) is 5.68. The fourth-order valence-corrected chi connectivity index (χ4v) is 3.22. The van der Waals surface area contributed by atoms with Crippen molar-refractivity contribution in [3.8, 4) is 17.3 Å². The molecule has 2 heterocycles. The summed E-state index contributed by atoms with van der Waals surface area (Å²) in [4.78, 5) is 5.40. The predicted molar refractivity (Wildman–Crippen MR) is 73.0 cm³/mol. The third-order valence-electron chi connectivity index (χ3n) is 3.30. The van der Waals surface area contributed by atoms with Gasteiger partial charge in [-0.1, -0.05) is 41.7 Å². The molecule has 4 nitrogen and oxygen atoms in total. The van der Waals surface area contributed by atoms with E-state index < -0.39 is 0 Å². The van der Waals surface area contributed by atoms with E-state index in [0.717, 1.165) is 21.2 Å².